The zero-order chi connectivity index (χ0) is 24.0. The number of hydrogen-bond acceptors (Lipinski definition) is 6. The maximum atomic E-state index is 12.8. The average Bonchev–Trinajstić information content (AvgIpc) is 2.79. The van der Waals surface area contributed by atoms with Gasteiger partial charge in [0, 0.05) is 5.69 Å². The van der Waals surface area contributed by atoms with E-state index in [2.05, 4.69) is 10.0 Å². The average molecular weight is 469 g/mol. The van der Waals surface area contributed by atoms with Crippen LogP contribution >= 0.6 is 0 Å². The number of nitrogens with one attached hydrogen (secondary N) is 2. The SMILES string of the molecule is COc1ccccc1NS(=O)(=O)c1cccc(C(=O)OCC(=O)Nc2ccc(C)cc2C)c1. The quantitative estimate of drug-likeness (QED) is 0.485. The summed E-state index contributed by atoms with van der Waals surface area (Å²) >= 11 is 0. The first-order valence-electron chi connectivity index (χ1n) is 10.00. The highest BCUT2D eigenvalue weighted by Gasteiger charge is 2.19. The van der Waals surface area contributed by atoms with Crippen LogP contribution in [0.25, 0.3) is 0 Å². The highest BCUT2D eigenvalue weighted by atomic mass is 32.2. The minimum Gasteiger partial charge on any atom is -0.495 e. The van der Waals surface area contributed by atoms with Crippen LogP contribution < -0.4 is 14.8 Å². The van der Waals surface area contributed by atoms with Crippen LogP contribution in [0.1, 0.15) is 21.5 Å². The molecule has 3 aromatic carbocycles. The Kier molecular flexibility index (Phi) is 7.34. The monoisotopic (exact) mass is 468 g/mol. The van der Waals surface area contributed by atoms with Gasteiger partial charge in [-0.2, -0.15) is 0 Å². The van der Waals surface area contributed by atoms with Crippen molar-refractivity contribution in [2.45, 2.75) is 18.7 Å². The summed E-state index contributed by atoms with van der Waals surface area (Å²) in [5.41, 5.74) is 2.83. The maximum Gasteiger partial charge on any atom is 0.338 e. The number of aryl methyl sites for hydroxylation is 2. The minimum atomic E-state index is -4.00. The molecule has 0 fully saturated rings. The first-order chi connectivity index (χ1) is 15.7. The number of carbonyl (C=O) groups excluding carboxylic acids is 2. The van der Waals surface area contributed by atoms with Gasteiger partial charge in [0.1, 0.15) is 5.75 Å². The molecule has 9 heteroatoms. The minimum absolute atomic E-state index is 0.00258. The van der Waals surface area contributed by atoms with Crippen LogP contribution in [0, 0.1) is 13.8 Å². The molecule has 0 heterocycles. The van der Waals surface area contributed by atoms with Crippen molar-refractivity contribution in [3.05, 3.63) is 83.4 Å². The van der Waals surface area contributed by atoms with Gasteiger partial charge in [-0.05, 0) is 55.8 Å². The van der Waals surface area contributed by atoms with Gasteiger partial charge in [0.25, 0.3) is 15.9 Å². The van der Waals surface area contributed by atoms with E-state index >= 15 is 0 Å². The summed E-state index contributed by atoms with van der Waals surface area (Å²) < 4.78 is 38.2. The molecule has 3 aromatic rings. The van der Waals surface area contributed by atoms with Gasteiger partial charge in [0.05, 0.1) is 23.3 Å². The van der Waals surface area contributed by atoms with Gasteiger partial charge in [0.15, 0.2) is 6.61 Å². The molecule has 0 atom stereocenters. The molecule has 0 unspecified atom stereocenters. The molecule has 2 N–H and O–H groups in total. The van der Waals surface area contributed by atoms with Gasteiger partial charge in [-0.15, -0.1) is 0 Å². The van der Waals surface area contributed by atoms with Crippen molar-refractivity contribution in [1.82, 2.24) is 0 Å². The molecule has 8 nitrogen and oxygen atoms in total. The van der Waals surface area contributed by atoms with Crippen molar-refractivity contribution in [3.63, 3.8) is 0 Å². The molecule has 0 saturated carbocycles. The Bertz CT molecular complexity index is 1290. The van der Waals surface area contributed by atoms with E-state index in [4.69, 9.17) is 9.47 Å². The lowest BCUT2D eigenvalue weighted by Crippen LogP contribution is -2.21. The summed E-state index contributed by atoms with van der Waals surface area (Å²) in [6, 6.07) is 17.5. The lowest BCUT2D eigenvalue weighted by molar-refractivity contribution is -0.119. The molecule has 3 rings (SSSR count). The molecule has 0 aliphatic heterocycles. The molecule has 0 bridgehead atoms. The van der Waals surface area contributed by atoms with Crippen LogP contribution in [0.2, 0.25) is 0 Å². The van der Waals surface area contributed by atoms with Crippen LogP contribution in [0.15, 0.2) is 71.6 Å². The maximum absolute atomic E-state index is 12.8. The molecule has 0 radical (unpaired) electrons. The second kappa shape index (κ2) is 10.2. The molecule has 0 aliphatic carbocycles. The third kappa shape index (κ3) is 6.11. The normalized spacial score (nSPS) is 10.9. The second-order valence-corrected chi connectivity index (χ2v) is 8.96. The van der Waals surface area contributed by atoms with Gasteiger partial charge < -0.3 is 14.8 Å². The van der Waals surface area contributed by atoms with Crippen molar-refractivity contribution in [2.24, 2.45) is 0 Å². The van der Waals surface area contributed by atoms with E-state index in [9.17, 15) is 18.0 Å². The van der Waals surface area contributed by atoms with Gasteiger partial charge in [-0.25, -0.2) is 13.2 Å². The highest BCUT2D eigenvalue weighted by molar-refractivity contribution is 7.92. The lowest BCUT2D eigenvalue weighted by Gasteiger charge is -2.12. The Balaban J connectivity index is 1.67. The summed E-state index contributed by atoms with van der Waals surface area (Å²) in [6.07, 6.45) is 0. The smallest absolute Gasteiger partial charge is 0.338 e. The summed E-state index contributed by atoms with van der Waals surface area (Å²) in [5, 5.41) is 2.68. The number of amides is 1. The molecular formula is C24H24N2O6S. The molecule has 1 amide bonds. The first kappa shape index (κ1) is 23.8. The van der Waals surface area contributed by atoms with E-state index in [0.717, 1.165) is 11.1 Å². The molecule has 0 aliphatic rings. The first-order valence-corrected chi connectivity index (χ1v) is 11.5. The number of sulfonamides is 1. The number of hydrogen-bond donors (Lipinski definition) is 2. The van der Waals surface area contributed by atoms with Crippen molar-refractivity contribution < 1.29 is 27.5 Å². The summed E-state index contributed by atoms with van der Waals surface area (Å²) in [4.78, 5) is 24.4. The number of benzene rings is 3. The molecule has 0 aromatic heterocycles. The van der Waals surface area contributed by atoms with E-state index in [1.807, 2.05) is 26.0 Å². The van der Waals surface area contributed by atoms with E-state index in [1.165, 1.54) is 31.4 Å². The number of esters is 1. The van der Waals surface area contributed by atoms with Crippen LogP contribution in [0.3, 0.4) is 0 Å². The van der Waals surface area contributed by atoms with E-state index in [1.54, 1.807) is 30.3 Å². The fraction of sp³-hybridized carbons (Fsp3) is 0.167. The Labute approximate surface area is 192 Å². The molecule has 33 heavy (non-hydrogen) atoms. The zero-order valence-electron chi connectivity index (χ0n) is 18.4. The number of rotatable bonds is 8. The fourth-order valence-corrected chi connectivity index (χ4v) is 4.19. The van der Waals surface area contributed by atoms with Gasteiger partial charge in [-0.3, -0.25) is 9.52 Å². The lowest BCUT2D eigenvalue weighted by atomic mass is 10.1. The highest BCUT2D eigenvalue weighted by Crippen LogP contribution is 2.26. The van der Waals surface area contributed by atoms with Crippen molar-refractivity contribution in [1.29, 1.82) is 0 Å². The van der Waals surface area contributed by atoms with E-state index in [0.29, 0.717) is 11.4 Å². The number of methoxy groups -OCH3 is 1. The van der Waals surface area contributed by atoms with Gasteiger partial charge in [-0.1, -0.05) is 35.9 Å². The summed E-state index contributed by atoms with van der Waals surface area (Å²) in [6.45, 7) is 3.29. The summed E-state index contributed by atoms with van der Waals surface area (Å²) in [5.74, 6) is -0.969. The van der Waals surface area contributed by atoms with Crippen LogP contribution in [0.5, 0.6) is 5.75 Å². The number of carbonyl (C=O) groups is 2. The Hall–Kier alpha value is -3.85. The predicted octanol–water partition coefficient (Wildman–Crippen LogP) is 3.91. The van der Waals surface area contributed by atoms with Gasteiger partial charge in [0.2, 0.25) is 0 Å². The van der Waals surface area contributed by atoms with Crippen molar-refractivity contribution in [3.8, 4) is 5.75 Å². The molecule has 172 valence electrons. The standard InChI is InChI=1S/C24H24N2O6S/c1-16-11-12-20(17(2)13-16)25-23(27)15-32-24(28)18-7-6-8-19(14-18)33(29,30)26-21-9-4-5-10-22(21)31-3/h4-14,26H,15H2,1-3H3,(H,25,27). The predicted molar refractivity (Wildman–Crippen MR) is 125 cm³/mol. The van der Waals surface area contributed by atoms with Crippen molar-refractivity contribution in [2.75, 3.05) is 23.8 Å². The number of ether oxygens (including phenoxy) is 2. The third-order valence-corrected chi connectivity index (χ3v) is 6.08. The molecule has 0 saturated heterocycles. The van der Waals surface area contributed by atoms with Crippen molar-refractivity contribution >= 4 is 33.3 Å². The third-order valence-electron chi connectivity index (χ3n) is 4.72. The summed E-state index contributed by atoms with van der Waals surface area (Å²) in [7, 11) is -2.57. The zero-order valence-corrected chi connectivity index (χ0v) is 19.2. The Morgan fingerprint density at radius 1 is 0.909 bits per heavy atom. The van der Waals surface area contributed by atoms with Gasteiger partial charge >= 0.3 is 5.97 Å². The largest absolute Gasteiger partial charge is 0.495 e. The van der Waals surface area contributed by atoms with Crippen LogP contribution in [0.4, 0.5) is 11.4 Å². The molecular weight excluding hydrogens is 444 g/mol. The van der Waals surface area contributed by atoms with Crippen LogP contribution in [-0.2, 0) is 19.6 Å². The topological polar surface area (TPSA) is 111 Å². The Morgan fingerprint density at radius 2 is 1.67 bits per heavy atom. The van der Waals surface area contributed by atoms with E-state index < -0.39 is 28.5 Å². The second-order valence-electron chi connectivity index (χ2n) is 7.28. The number of anilines is 2. The fourth-order valence-electron chi connectivity index (χ4n) is 3.08. The Morgan fingerprint density at radius 3 is 2.39 bits per heavy atom. The number of para-hydroxylation sites is 2. The molecule has 0 spiro atoms. The van der Waals surface area contributed by atoms with E-state index in [-0.39, 0.29) is 16.1 Å². The van der Waals surface area contributed by atoms with Crippen LogP contribution in [-0.4, -0.2) is 34.0 Å².